The molecule has 0 spiro atoms. The quantitative estimate of drug-likeness (QED) is 0.755. The molecule has 1 aromatic heterocycles. The number of sulfonamides is 1. The van der Waals surface area contributed by atoms with Crippen molar-refractivity contribution in [1.82, 2.24) is 4.98 Å². The Morgan fingerprint density at radius 3 is 2.46 bits per heavy atom. The van der Waals surface area contributed by atoms with Gasteiger partial charge < -0.3 is 9.72 Å². The van der Waals surface area contributed by atoms with E-state index in [0.29, 0.717) is 6.08 Å². The van der Waals surface area contributed by atoms with Crippen LogP contribution < -0.4 is 10.6 Å². The maximum absolute atomic E-state index is 12.6. The molecule has 132 valence electrons. The lowest BCUT2D eigenvalue weighted by atomic mass is 9.90. The van der Waals surface area contributed by atoms with Gasteiger partial charge in [0.2, 0.25) is 15.5 Å². The second-order valence-electron chi connectivity index (χ2n) is 4.78. The Hall–Kier alpha value is -1.49. The van der Waals surface area contributed by atoms with Crippen molar-refractivity contribution in [3.05, 3.63) is 56.0 Å². The van der Waals surface area contributed by atoms with E-state index in [-0.39, 0.29) is 5.02 Å². The number of allylic oxidation sites excluding steroid dienone is 4. The average Bonchev–Trinajstić information content (AvgIpc) is 2.41. The molecule has 24 heavy (non-hydrogen) atoms. The molecular formula is C12H9Cl2F3N2O4S. The van der Waals surface area contributed by atoms with Crippen molar-refractivity contribution in [2.45, 2.75) is 17.7 Å². The van der Waals surface area contributed by atoms with Crippen LogP contribution in [0.2, 0.25) is 5.02 Å². The molecule has 0 saturated heterocycles. The van der Waals surface area contributed by atoms with Crippen LogP contribution in [0.25, 0.3) is 0 Å². The Bertz CT molecular complexity index is 892. The molecule has 0 aliphatic heterocycles. The van der Waals surface area contributed by atoms with Gasteiger partial charge in [-0.2, -0.15) is 0 Å². The molecule has 1 aliphatic carbocycles. The van der Waals surface area contributed by atoms with Crippen LogP contribution in [0.15, 0.2) is 40.0 Å². The first-order valence-corrected chi connectivity index (χ1v) is 8.41. The minimum Gasteiger partial charge on any atom is -0.408 e. The molecule has 6 nitrogen and oxygen atoms in total. The van der Waals surface area contributed by atoms with Crippen molar-refractivity contribution in [3.8, 4) is 0 Å². The summed E-state index contributed by atoms with van der Waals surface area (Å²) < 4.78 is 64.7. The van der Waals surface area contributed by atoms with E-state index in [2.05, 4.69) is 9.72 Å². The summed E-state index contributed by atoms with van der Waals surface area (Å²) in [5.74, 6) is -0.878. The third-order valence-corrected chi connectivity index (χ3v) is 4.96. The van der Waals surface area contributed by atoms with Crippen LogP contribution in [0.4, 0.5) is 13.2 Å². The van der Waals surface area contributed by atoms with E-state index >= 15 is 0 Å². The number of alkyl halides is 4. The fourth-order valence-corrected chi connectivity index (χ4v) is 3.41. The lowest BCUT2D eigenvalue weighted by Gasteiger charge is -2.32. The molecule has 0 radical (unpaired) electrons. The number of halogens is 5. The van der Waals surface area contributed by atoms with Gasteiger partial charge in [-0.15, -0.1) is 24.8 Å². The molecule has 0 amide bonds. The van der Waals surface area contributed by atoms with Gasteiger partial charge in [0.25, 0.3) is 0 Å². The van der Waals surface area contributed by atoms with E-state index in [1.807, 2.05) is 0 Å². The standard InChI is InChI=1S/C12H9Cl2F3N2O4S/c13-8-5-19-4-7(10(8)20)11(14)3-6(24(18,21)22)1-2-9(11)23-12(15,16)17/h1-2,4-5H,3H2,(H,19,20)(H2,18,21,22). The van der Waals surface area contributed by atoms with Gasteiger partial charge in [0, 0.05) is 24.4 Å². The zero-order valence-corrected chi connectivity index (χ0v) is 13.9. The summed E-state index contributed by atoms with van der Waals surface area (Å²) in [5.41, 5.74) is -1.29. The highest BCUT2D eigenvalue weighted by atomic mass is 35.5. The van der Waals surface area contributed by atoms with E-state index in [4.69, 9.17) is 28.3 Å². The number of pyridine rings is 1. The van der Waals surface area contributed by atoms with Gasteiger partial charge in [0.1, 0.15) is 15.7 Å². The van der Waals surface area contributed by atoms with Crippen LogP contribution in [-0.2, 0) is 19.6 Å². The number of ether oxygens (including phenoxy) is 1. The lowest BCUT2D eigenvalue weighted by Crippen LogP contribution is -2.36. The number of primary sulfonamides is 1. The Balaban J connectivity index is 2.67. The second-order valence-corrected chi connectivity index (χ2v) is 7.45. The Labute approximate surface area is 143 Å². The number of aromatic amines is 1. The number of hydrogen-bond donors (Lipinski definition) is 2. The monoisotopic (exact) mass is 404 g/mol. The number of aromatic nitrogens is 1. The van der Waals surface area contributed by atoms with Crippen molar-refractivity contribution in [2.75, 3.05) is 0 Å². The number of nitrogens with two attached hydrogens (primary N) is 1. The third kappa shape index (κ3) is 3.77. The first-order valence-electron chi connectivity index (χ1n) is 6.10. The van der Waals surface area contributed by atoms with Crippen molar-refractivity contribution in [3.63, 3.8) is 0 Å². The van der Waals surface area contributed by atoms with Crippen LogP contribution in [0, 0.1) is 0 Å². The van der Waals surface area contributed by atoms with Crippen LogP contribution in [0.1, 0.15) is 12.0 Å². The van der Waals surface area contributed by atoms with E-state index in [1.165, 1.54) is 0 Å². The molecule has 0 saturated carbocycles. The molecule has 0 bridgehead atoms. The SMILES string of the molecule is NS(=O)(=O)C1=CC=C(OC(F)(F)F)C(Cl)(c2c[nH]cc(Cl)c2=O)C1. The van der Waals surface area contributed by atoms with Gasteiger partial charge in [-0.25, -0.2) is 13.6 Å². The third-order valence-electron chi connectivity index (χ3n) is 3.15. The smallest absolute Gasteiger partial charge is 0.408 e. The van der Waals surface area contributed by atoms with Gasteiger partial charge in [-0.05, 0) is 12.2 Å². The Kier molecular flexibility index (Phi) is 4.79. The highest BCUT2D eigenvalue weighted by Gasteiger charge is 2.47. The van der Waals surface area contributed by atoms with Crippen LogP contribution >= 0.6 is 23.2 Å². The molecule has 1 aliphatic rings. The van der Waals surface area contributed by atoms with Crippen LogP contribution in [0.3, 0.4) is 0 Å². The molecule has 1 aromatic rings. The fraction of sp³-hybridized carbons (Fsp3) is 0.250. The molecule has 12 heteroatoms. The maximum atomic E-state index is 12.6. The molecule has 1 atom stereocenters. The van der Waals surface area contributed by atoms with Gasteiger partial charge in [-0.1, -0.05) is 11.6 Å². The van der Waals surface area contributed by atoms with Crippen molar-refractivity contribution < 1.29 is 26.3 Å². The zero-order chi connectivity index (χ0) is 18.3. The predicted octanol–water partition coefficient (Wildman–Crippen LogP) is 2.46. The summed E-state index contributed by atoms with van der Waals surface area (Å²) in [6, 6.07) is 0. The van der Waals surface area contributed by atoms with Crippen molar-refractivity contribution in [2.24, 2.45) is 5.14 Å². The number of hydrogen-bond acceptors (Lipinski definition) is 4. The fourth-order valence-electron chi connectivity index (χ4n) is 2.10. The van der Waals surface area contributed by atoms with Crippen molar-refractivity contribution >= 4 is 33.2 Å². The Morgan fingerprint density at radius 1 is 1.29 bits per heavy atom. The van der Waals surface area contributed by atoms with Gasteiger partial charge in [0.15, 0.2) is 0 Å². The first kappa shape index (κ1) is 18.8. The molecule has 3 N–H and O–H groups in total. The summed E-state index contributed by atoms with van der Waals surface area (Å²) in [6.45, 7) is 0. The minimum absolute atomic E-state index is 0.342. The molecular weight excluding hydrogens is 396 g/mol. The number of nitrogens with one attached hydrogen (secondary N) is 1. The summed E-state index contributed by atoms with van der Waals surface area (Å²) in [4.78, 5) is 11.9. The first-order chi connectivity index (χ1) is 10.8. The molecule has 0 aromatic carbocycles. The molecule has 2 rings (SSSR count). The van der Waals surface area contributed by atoms with Crippen LogP contribution in [0.5, 0.6) is 0 Å². The second kappa shape index (κ2) is 6.10. The molecule has 1 unspecified atom stereocenters. The molecule has 1 heterocycles. The molecule has 0 fully saturated rings. The van der Waals surface area contributed by atoms with Crippen LogP contribution in [-0.4, -0.2) is 19.8 Å². The number of rotatable bonds is 3. The average molecular weight is 405 g/mol. The minimum atomic E-state index is -5.11. The Morgan fingerprint density at radius 2 is 1.92 bits per heavy atom. The summed E-state index contributed by atoms with van der Waals surface area (Å²) in [7, 11) is -4.24. The van der Waals surface area contributed by atoms with Gasteiger partial charge >= 0.3 is 6.36 Å². The lowest BCUT2D eigenvalue weighted by molar-refractivity contribution is -0.308. The number of H-pyrrole nitrogens is 1. The van der Waals surface area contributed by atoms with E-state index in [9.17, 15) is 26.4 Å². The van der Waals surface area contributed by atoms with E-state index in [1.54, 1.807) is 0 Å². The van der Waals surface area contributed by atoms with Gasteiger partial charge in [0.05, 0.1) is 4.91 Å². The van der Waals surface area contributed by atoms with Crippen molar-refractivity contribution in [1.29, 1.82) is 0 Å². The normalized spacial score (nSPS) is 21.9. The highest BCUT2D eigenvalue weighted by molar-refractivity contribution is 7.93. The van der Waals surface area contributed by atoms with Gasteiger partial charge in [-0.3, -0.25) is 4.79 Å². The summed E-state index contributed by atoms with van der Waals surface area (Å²) in [5, 5.41) is 4.65. The van der Waals surface area contributed by atoms with E-state index < -0.39 is 49.3 Å². The largest absolute Gasteiger partial charge is 0.572 e. The zero-order valence-electron chi connectivity index (χ0n) is 11.5. The van der Waals surface area contributed by atoms with E-state index in [0.717, 1.165) is 18.5 Å². The predicted molar refractivity (Wildman–Crippen MR) is 80.6 cm³/mol. The summed E-state index contributed by atoms with van der Waals surface area (Å²) >= 11 is 11.9. The maximum Gasteiger partial charge on any atom is 0.572 e. The topological polar surface area (TPSA) is 102 Å². The highest BCUT2D eigenvalue weighted by Crippen LogP contribution is 2.46. The summed E-state index contributed by atoms with van der Waals surface area (Å²) in [6.07, 6.45) is -2.19.